The average molecular weight is 477 g/mol. The van der Waals surface area contributed by atoms with E-state index >= 15 is 0 Å². The van der Waals surface area contributed by atoms with E-state index < -0.39 is 29.9 Å². The van der Waals surface area contributed by atoms with Crippen LogP contribution >= 0.6 is 0 Å². The Kier molecular flexibility index (Phi) is 7.45. The van der Waals surface area contributed by atoms with Crippen molar-refractivity contribution in [1.82, 2.24) is 20.6 Å². The maximum Gasteiger partial charge on any atom is 0.407 e. The van der Waals surface area contributed by atoms with Crippen LogP contribution in [0.2, 0.25) is 0 Å². The van der Waals surface area contributed by atoms with Gasteiger partial charge in [-0.05, 0) is 28.7 Å². The number of amides is 2. The zero-order chi connectivity index (χ0) is 24.8. The molecule has 2 aromatic carbocycles. The number of nitrogens with one attached hydrogen (secondary N) is 3. The summed E-state index contributed by atoms with van der Waals surface area (Å²) in [5.74, 6) is -2.29. The van der Waals surface area contributed by atoms with Crippen molar-refractivity contribution in [3.63, 3.8) is 0 Å². The first kappa shape index (κ1) is 24.0. The molecule has 2 amide bonds. The Morgan fingerprint density at radius 1 is 1.09 bits per heavy atom. The van der Waals surface area contributed by atoms with Gasteiger partial charge in [0.25, 0.3) is 0 Å². The van der Waals surface area contributed by atoms with Crippen LogP contribution in [0.5, 0.6) is 0 Å². The monoisotopic (exact) mass is 476 g/mol. The Bertz CT molecular complexity index is 1150. The Hall–Kier alpha value is -4.14. The average Bonchev–Trinajstić information content (AvgIpc) is 3.48. The van der Waals surface area contributed by atoms with E-state index in [0.29, 0.717) is 12.1 Å². The number of imidazole rings is 1. The quantitative estimate of drug-likeness (QED) is 0.355. The normalized spacial score (nSPS) is 13.9. The lowest BCUT2D eigenvalue weighted by Crippen LogP contribution is -2.49. The molecule has 1 aromatic heterocycles. The van der Waals surface area contributed by atoms with Crippen molar-refractivity contribution in [2.24, 2.45) is 5.92 Å². The van der Waals surface area contributed by atoms with Crippen molar-refractivity contribution in [2.75, 3.05) is 13.2 Å². The van der Waals surface area contributed by atoms with Crippen LogP contribution in [0.25, 0.3) is 11.1 Å². The second-order valence-corrected chi connectivity index (χ2v) is 8.49. The number of benzene rings is 2. The Morgan fingerprint density at radius 2 is 1.74 bits per heavy atom. The summed E-state index contributed by atoms with van der Waals surface area (Å²) >= 11 is 0. The molecule has 1 heterocycles. The van der Waals surface area contributed by atoms with Gasteiger partial charge in [0.15, 0.2) is 0 Å². The van der Waals surface area contributed by atoms with Crippen LogP contribution in [0.4, 0.5) is 4.79 Å². The van der Waals surface area contributed by atoms with Gasteiger partial charge in [-0.1, -0.05) is 55.5 Å². The number of carbonyl (C=O) groups excluding carboxylic acids is 2. The van der Waals surface area contributed by atoms with E-state index in [2.05, 4.69) is 32.7 Å². The molecule has 0 saturated carbocycles. The summed E-state index contributed by atoms with van der Waals surface area (Å²) in [6, 6.07) is 15.1. The summed E-state index contributed by atoms with van der Waals surface area (Å²) in [6.45, 7) is 1.83. The van der Waals surface area contributed by atoms with Gasteiger partial charge in [-0.15, -0.1) is 0 Å². The standard InChI is InChI=1S/C26H28N4O5/c1-2-16(25(32)33)12-28-24(31)23(11-17-13-27-15-29-17)30-26(34)35-14-22-20-9-5-3-7-18(20)19-8-4-6-10-21(19)22/h3-10,13,15-16,22-23H,2,11-12,14H2,1H3,(H,27,29)(H,28,31)(H,30,34)(H,32,33). The van der Waals surface area contributed by atoms with Crippen molar-refractivity contribution in [3.8, 4) is 11.1 Å². The van der Waals surface area contributed by atoms with Crippen LogP contribution in [0.15, 0.2) is 61.1 Å². The van der Waals surface area contributed by atoms with E-state index in [4.69, 9.17) is 4.74 Å². The third kappa shape index (κ3) is 5.51. The molecule has 4 N–H and O–H groups in total. The molecule has 0 fully saturated rings. The molecular formula is C26H28N4O5. The number of ether oxygens (including phenoxy) is 1. The number of hydrogen-bond donors (Lipinski definition) is 4. The molecule has 1 aliphatic carbocycles. The second-order valence-electron chi connectivity index (χ2n) is 8.49. The van der Waals surface area contributed by atoms with Gasteiger partial charge in [0.1, 0.15) is 12.6 Å². The van der Waals surface area contributed by atoms with Crippen molar-refractivity contribution in [2.45, 2.75) is 31.7 Å². The predicted molar refractivity (Wildman–Crippen MR) is 129 cm³/mol. The number of H-pyrrole nitrogens is 1. The predicted octanol–water partition coefficient (Wildman–Crippen LogP) is 3.09. The number of aromatic nitrogens is 2. The number of rotatable bonds is 10. The zero-order valence-corrected chi connectivity index (χ0v) is 19.4. The SMILES string of the molecule is CCC(CNC(=O)C(Cc1cnc[nH]1)NC(=O)OCC1c2ccccc2-c2ccccc21)C(=O)O. The van der Waals surface area contributed by atoms with Crippen molar-refractivity contribution >= 4 is 18.0 Å². The third-order valence-corrected chi connectivity index (χ3v) is 6.30. The van der Waals surface area contributed by atoms with Crippen LogP contribution in [0.3, 0.4) is 0 Å². The fourth-order valence-electron chi connectivity index (χ4n) is 4.36. The smallest absolute Gasteiger partial charge is 0.407 e. The van der Waals surface area contributed by atoms with Crippen LogP contribution in [-0.2, 0) is 20.7 Å². The molecule has 0 radical (unpaired) electrons. The highest BCUT2D eigenvalue weighted by atomic mass is 16.5. The fourth-order valence-corrected chi connectivity index (χ4v) is 4.36. The van der Waals surface area contributed by atoms with Crippen LogP contribution in [-0.4, -0.2) is 52.2 Å². The van der Waals surface area contributed by atoms with Crippen LogP contribution < -0.4 is 10.6 Å². The molecule has 4 rings (SSSR count). The zero-order valence-electron chi connectivity index (χ0n) is 19.4. The lowest BCUT2D eigenvalue weighted by molar-refractivity contribution is -0.141. The van der Waals surface area contributed by atoms with Gasteiger partial charge in [-0.25, -0.2) is 9.78 Å². The highest BCUT2D eigenvalue weighted by molar-refractivity contribution is 5.86. The summed E-state index contributed by atoms with van der Waals surface area (Å²) < 4.78 is 5.57. The molecule has 0 bridgehead atoms. The fraction of sp³-hybridized carbons (Fsp3) is 0.308. The molecule has 0 saturated heterocycles. The van der Waals surface area contributed by atoms with Gasteiger partial charge < -0.3 is 25.5 Å². The first-order valence-corrected chi connectivity index (χ1v) is 11.6. The summed E-state index contributed by atoms with van der Waals surface area (Å²) in [5.41, 5.74) is 5.07. The number of alkyl carbamates (subject to hydrolysis) is 1. The highest BCUT2D eigenvalue weighted by Crippen LogP contribution is 2.44. The second kappa shape index (κ2) is 10.9. The van der Waals surface area contributed by atoms with Gasteiger partial charge in [0.2, 0.25) is 5.91 Å². The minimum Gasteiger partial charge on any atom is -0.481 e. The molecule has 0 aliphatic heterocycles. The maximum absolute atomic E-state index is 12.8. The molecule has 35 heavy (non-hydrogen) atoms. The van der Waals surface area contributed by atoms with E-state index in [9.17, 15) is 19.5 Å². The molecule has 9 heteroatoms. The van der Waals surface area contributed by atoms with E-state index in [-0.39, 0.29) is 25.5 Å². The number of carboxylic acids is 1. The highest BCUT2D eigenvalue weighted by Gasteiger charge is 2.30. The molecule has 2 atom stereocenters. The lowest BCUT2D eigenvalue weighted by atomic mass is 9.98. The number of carboxylic acid groups (broad SMARTS) is 1. The van der Waals surface area contributed by atoms with E-state index in [0.717, 1.165) is 22.3 Å². The summed E-state index contributed by atoms with van der Waals surface area (Å²) in [6.07, 6.45) is 2.85. The summed E-state index contributed by atoms with van der Waals surface area (Å²) in [7, 11) is 0. The van der Waals surface area contributed by atoms with Gasteiger partial charge >= 0.3 is 12.1 Å². The molecule has 182 valence electrons. The minimum absolute atomic E-state index is 0.0312. The number of nitrogens with zero attached hydrogens (tertiary/aromatic N) is 1. The van der Waals surface area contributed by atoms with E-state index in [1.165, 1.54) is 6.33 Å². The molecule has 0 spiro atoms. The Morgan fingerprint density at radius 3 is 2.31 bits per heavy atom. The van der Waals surface area contributed by atoms with Crippen molar-refractivity contribution in [3.05, 3.63) is 77.9 Å². The molecule has 1 aliphatic rings. The Labute approximate surface area is 202 Å². The number of hydrogen-bond acceptors (Lipinski definition) is 5. The summed E-state index contributed by atoms with van der Waals surface area (Å²) in [4.78, 5) is 43.7. The van der Waals surface area contributed by atoms with Gasteiger partial charge in [-0.3, -0.25) is 9.59 Å². The number of fused-ring (bicyclic) bond motifs is 3. The van der Waals surface area contributed by atoms with Gasteiger partial charge in [-0.2, -0.15) is 0 Å². The number of aromatic amines is 1. The number of carbonyl (C=O) groups is 3. The first-order valence-electron chi connectivity index (χ1n) is 11.6. The molecule has 3 aromatic rings. The molecule has 9 nitrogen and oxygen atoms in total. The van der Waals surface area contributed by atoms with Gasteiger partial charge in [0.05, 0.1) is 12.2 Å². The van der Waals surface area contributed by atoms with Crippen molar-refractivity contribution < 1.29 is 24.2 Å². The maximum atomic E-state index is 12.8. The van der Waals surface area contributed by atoms with E-state index in [1.807, 2.05) is 36.4 Å². The van der Waals surface area contributed by atoms with Crippen molar-refractivity contribution in [1.29, 1.82) is 0 Å². The Balaban J connectivity index is 1.41. The van der Waals surface area contributed by atoms with E-state index in [1.54, 1.807) is 13.1 Å². The first-order chi connectivity index (χ1) is 17.0. The third-order valence-electron chi connectivity index (χ3n) is 6.30. The van der Waals surface area contributed by atoms with Crippen LogP contribution in [0.1, 0.15) is 36.1 Å². The molecular weight excluding hydrogens is 448 g/mol. The largest absolute Gasteiger partial charge is 0.481 e. The van der Waals surface area contributed by atoms with Gasteiger partial charge in [0, 0.05) is 30.8 Å². The number of aliphatic carboxylic acids is 1. The topological polar surface area (TPSA) is 133 Å². The molecule has 2 unspecified atom stereocenters. The lowest BCUT2D eigenvalue weighted by Gasteiger charge is -2.20. The minimum atomic E-state index is -0.984. The van der Waals surface area contributed by atoms with Crippen LogP contribution in [0, 0.1) is 5.92 Å². The summed E-state index contributed by atoms with van der Waals surface area (Å²) in [5, 5.41) is 14.5.